The van der Waals surface area contributed by atoms with Crippen molar-refractivity contribution in [2.75, 3.05) is 12.8 Å². The summed E-state index contributed by atoms with van der Waals surface area (Å²) in [6, 6.07) is 8.23. The number of nitrogens with two attached hydrogens (primary N) is 1. The van der Waals surface area contributed by atoms with Gasteiger partial charge in [0.2, 0.25) is 0 Å². The molecule has 2 N–H and O–H groups in total. The third kappa shape index (κ3) is 2.32. The van der Waals surface area contributed by atoms with E-state index < -0.39 is 0 Å². The molecule has 4 nitrogen and oxygen atoms in total. The summed E-state index contributed by atoms with van der Waals surface area (Å²) in [5.41, 5.74) is 6.78. The molecule has 0 aliphatic carbocycles. The van der Waals surface area contributed by atoms with Crippen LogP contribution in [0.3, 0.4) is 0 Å². The van der Waals surface area contributed by atoms with Crippen LogP contribution in [-0.2, 0) is 4.74 Å². The molecule has 19 heavy (non-hydrogen) atoms. The molecular formula is C15H20N2O2. The van der Waals surface area contributed by atoms with Gasteiger partial charge in [0, 0.05) is 30.6 Å². The van der Waals surface area contributed by atoms with Crippen LogP contribution < -0.4 is 5.73 Å². The van der Waals surface area contributed by atoms with Crippen LogP contribution in [0, 0.1) is 0 Å². The minimum atomic E-state index is -0.285. The van der Waals surface area contributed by atoms with Crippen LogP contribution in [-0.4, -0.2) is 36.1 Å². The van der Waals surface area contributed by atoms with Gasteiger partial charge in [-0.05, 0) is 32.0 Å². The van der Waals surface area contributed by atoms with Crippen molar-refractivity contribution in [3.63, 3.8) is 0 Å². The highest BCUT2D eigenvalue weighted by molar-refractivity contribution is 5.95. The number of rotatable bonds is 2. The number of ether oxygens (including phenoxy) is 1. The zero-order chi connectivity index (χ0) is 13.4. The summed E-state index contributed by atoms with van der Waals surface area (Å²) in [7, 11) is 2.18. The maximum absolute atomic E-state index is 12.1. The van der Waals surface area contributed by atoms with Gasteiger partial charge in [0.05, 0.1) is 5.56 Å². The number of nitrogens with zero attached hydrogens (tertiary/aromatic N) is 1. The van der Waals surface area contributed by atoms with Gasteiger partial charge in [-0.2, -0.15) is 0 Å². The molecule has 0 aromatic heterocycles. The Morgan fingerprint density at radius 1 is 1.26 bits per heavy atom. The van der Waals surface area contributed by atoms with E-state index in [9.17, 15) is 4.79 Å². The van der Waals surface area contributed by atoms with Gasteiger partial charge in [0.1, 0.15) is 6.10 Å². The number of carbonyl (C=O) groups is 1. The van der Waals surface area contributed by atoms with E-state index in [0.29, 0.717) is 23.3 Å². The van der Waals surface area contributed by atoms with E-state index in [1.54, 1.807) is 12.1 Å². The van der Waals surface area contributed by atoms with Gasteiger partial charge in [-0.15, -0.1) is 0 Å². The van der Waals surface area contributed by atoms with Gasteiger partial charge < -0.3 is 15.4 Å². The van der Waals surface area contributed by atoms with Gasteiger partial charge in [0.15, 0.2) is 0 Å². The number of benzene rings is 1. The molecule has 1 aromatic rings. The topological polar surface area (TPSA) is 55.6 Å². The number of nitrogen functional groups attached to an aromatic ring is 1. The third-order valence-corrected chi connectivity index (χ3v) is 4.51. The van der Waals surface area contributed by atoms with E-state index in [1.807, 2.05) is 12.1 Å². The summed E-state index contributed by atoms with van der Waals surface area (Å²) in [6.07, 6.45) is 4.39. The van der Waals surface area contributed by atoms with E-state index >= 15 is 0 Å². The fraction of sp³-hybridized carbons (Fsp3) is 0.533. The SMILES string of the molecule is CN1C2CCC1CC(OC(=O)c1ccccc1N)C2. The van der Waals surface area contributed by atoms with Gasteiger partial charge in [-0.25, -0.2) is 4.79 Å². The molecule has 2 aliphatic rings. The van der Waals surface area contributed by atoms with Gasteiger partial charge in [-0.3, -0.25) is 0 Å². The van der Waals surface area contributed by atoms with Crippen molar-refractivity contribution >= 4 is 11.7 Å². The molecule has 2 saturated heterocycles. The number of hydrogen-bond donors (Lipinski definition) is 1. The van der Waals surface area contributed by atoms with Crippen LogP contribution in [0.15, 0.2) is 24.3 Å². The lowest BCUT2D eigenvalue weighted by Crippen LogP contribution is -2.43. The van der Waals surface area contributed by atoms with E-state index in [2.05, 4.69) is 11.9 Å². The van der Waals surface area contributed by atoms with Gasteiger partial charge in [0.25, 0.3) is 0 Å². The van der Waals surface area contributed by atoms with E-state index in [1.165, 1.54) is 12.8 Å². The fourth-order valence-electron chi connectivity index (χ4n) is 3.36. The largest absolute Gasteiger partial charge is 0.459 e. The molecule has 1 aromatic carbocycles. The highest BCUT2D eigenvalue weighted by Crippen LogP contribution is 2.35. The number of esters is 1. The van der Waals surface area contributed by atoms with Crippen molar-refractivity contribution in [1.29, 1.82) is 0 Å². The smallest absolute Gasteiger partial charge is 0.340 e. The number of anilines is 1. The number of hydrogen-bond acceptors (Lipinski definition) is 4. The molecule has 2 aliphatic heterocycles. The average Bonchev–Trinajstić information content (AvgIpc) is 2.63. The molecule has 0 amide bonds. The Balaban J connectivity index is 1.67. The highest BCUT2D eigenvalue weighted by Gasteiger charge is 2.39. The highest BCUT2D eigenvalue weighted by atomic mass is 16.5. The zero-order valence-electron chi connectivity index (χ0n) is 11.2. The summed E-state index contributed by atoms with van der Waals surface area (Å²) in [5.74, 6) is -0.285. The number of piperidine rings is 1. The van der Waals surface area contributed by atoms with Gasteiger partial charge in [-0.1, -0.05) is 12.1 Å². The summed E-state index contributed by atoms with van der Waals surface area (Å²) >= 11 is 0. The summed E-state index contributed by atoms with van der Waals surface area (Å²) in [5, 5.41) is 0. The quantitative estimate of drug-likeness (QED) is 0.653. The Morgan fingerprint density at radius 3 is 2.53 bits per heavy atom. The first kappa shape index (κ1) is 12.5. The molecule has 0 spiro atoms. The van der Waals surface area contributed by atoms with Crippen molar-refractivity contribution < 1.29 is 9.53 Å². The maximum atomic E-state index is 12.1. The van der Waals surface area contributed by atoms with Crippen LogP contribution >= 0.6 is 0 Å². The van der Waals surface area contributed by atoms with E-state index in [0.717, 1.165) is 12.8 Å². The maximum Gasteiger partial charge on any atom is 0.340 e. The number of para-hydroxylation sites is 1. The molecule has 0 saturated carbocycles. The van der Waals surface area contributed by atoms with Crippen LogP contribution in [0.25, 0.3) is 0 Å². The standard InChI is InChI=1S/C15H20N2O2/c1-17-10-6-7-11(17)9-12(8-10)19-15(18)13-4-2-3-5-14(13)16/h2-5,10-12H,6-9,16H2,1H3. The van der Waals surface area contributed by atoms with Crippen LogP contribution in [0.1, 0.15) is 36.0 Å². The van der Waals surface area contributed by atoms with Crippen molar-refractivity contribution in [3.05, 3.63) is 29.8 Å². The lowest BCUT2D eigenvalue weighted by molar-refractivity contribution is -0.000346. The molecular weight excluding hydrogens is 240 g/mol. The molecule has 2 bridgehead atoms. The Bertz CT molecular complexity index is 475. The molecule has 0 radical (unpaired) electrons. The van der Waals surface area contributed by atoms with Crippen LogP contribution in [0.4, 0.5) is 5.69 Å². The van der Waals surface area contributed by atoms with Gasteiger partial charge >= 0.3 is 5.97 Å². The summed E-state index contributed by atoms with van der Waals surface area (Å²) in [6.45, 7) is 0. The lowest BCUT2D eigenvalue weighted by atomic mass is 10.0. The molecule has 102 valence electrons. The minimum Gasteiger partial charge on any atom is -0.459 e. The van der Waals surface area contributed by atoms with Crippen molar-refractivity contribution in [2.24, 2.45) is 0 Å². The first-order valence-corrected chi connectivity index (χ1v) is 6.92. The van der Waals surface area contributed by atoms with Crippen LogP contribution in [0.2, 0.25) is 0 Å². The van der Waals surface area contributed by atoms with E-state index in [4.69, 9.17) is 10.5 Å². The molecule has 2 heterocycles. The molecule has 2 unspecified atom stereocenters. The zero-order valence-corrected chi connectivity index (χ0v) is 11.2. The third-order valence-electron chi connectivity index (χ3n) is 4.51. The second-order valence-corrected chi connectivity index (χ2v) is 5.64. The normalized spacial score (nSPS) is 30.3. The average molecular weight is 260 g/mol. The van der Waals surface area contributed by atoms with Crippen LogP contribution in [0.5, 0.6) is 0 Å². The Hall–Kier alpha value is -1.55. The minimum absolute atomic E-state index is 0.0424. The predicted molar refractivity (Wildman–Crippen MR) is 73.9 cm³/mol. The monoisotopic (exact) mass is 260 g/mol. The Kier molecular flexibility index (Phi) is 3.19. The summed E-state index contributed by atoms with van der Waals surface area (Å²) in [4.78, 5) is 14.6. The second-order valence-electron chi connectivity index (χ2n) is 5.64. The Morgan fingerprint density at radius 2 is 1.89 bits per heavy atom. The molecule has 2 atom stereocenters. The molecule has 2 fully saturated rings. The lowest BCUT2D eigenvalue weighted by Gasteiger charge is -2.35. The first-order valence-electron chi connectivity index (χ1n) is 6.92. The number of fused-ring (bicyclic) bond motifs is 2. The van der Waals surface area contributed by atoms with Crippen molar-refractivity contribution in [2.45, 2.75) is 43.9 Å². The van der Waals surface area contributed by atoms with E-state index in [-0.39, 0.29) is 12.1 Å². The molecule has 4 heteroatoms. The fourth-order valence-corrected chi connectivity index (χ4v) is 3.36. The van der Waals surface area contributed by atoms with Crippen molar-refractivity contribution in [3.8, 4) is 0 Å². The molecule has 3 rings (SSSR count). The van der Waals surface area contributed by atoms with Crippen molar-refractivity contribution in [1.82, 2.24) is 4.90 Å². The summed E-state index contributed by atoms with van der Waals surface area (Å²) < 4.78 is 5.64. The second kappa shape index (κ2) is 4.85. The number of carbonyl (C=O) groups excluding carboxylic acids is 1. The Labute approximate surface area is 113 Å². The first-order chi connectivity index (χ1) is 9.15. The predicted octanol–water partition coefficient (Wildman–Crippen LogP) is 2.05.